The number of esters is 2. The van der Waals surface area contributed by atoms with Gasteiger partial charge in [0.1, 0.15) is 15.6 Å². The molecule has 158 valence electrons. The third-order valence-electron chi connectivity index (χ3n) is 3.52. The van der Waals surface area contributed by atoms with Crippen LogP contribution in [0.4, 0.5) is 0 Å². The predicted octanol–water partition coefficient (Wildman–Crippen LogP) is 4.50. The lowest BCUT2D eigenvalue weighted by atomic mass is 10.1. The zero-order valence-corrected chi connectivity index (χ0v) is 21.2. The molecule has 0 saturated carbocycles. The Morgan fingerprint density at radius 3 is 2.04 bits per heavy atom. The van der Waals surface area contributed by atoms with Gasteiger partial charge in [-0.2, -0.15) is 8.42 Å². The lowest BCUT2D eigenvalue weighted by molar-refractivity contribution is 0.0333. The number of rotatable bonds is 9. The van der Waals surface area contributed by atoms with E-state index in [1.807, 2.05) is 6.92 Å². The van der Waals surface area contributed by atoms with Crippen LogP contribution in [-0.2, 0) is 19.6 Å². The Balaban J connectivity index is 2.76. The number of halogens is 4. The highest BCUT2D eigenvalue weighted by molar-refractivity contribution is 9.26. The van der Waals surface area contributed by atoms with Crippen molar-refractivity contribution in [1.82, 2.24) is 0 Å². The molecule has 1 aromatic carbocycles. The molecule has 12 heteroatoms. The van der Waals surface area contributed by atoms with Gasteiger partial charge < -0.3 is 9.47 Å². The Morgan fingerprint density at radius 2 is 1.61 bits per heavy atom. The molecule has 1 aromatic rings. The van der Waals surface area contributed by atoms with Gasteiger partial charge in [-0.05, 0) is 37.6 Å². The minimum atomic E-state index is -4.37. The van der Waals surface area contributed by atoms with E-state index in [4.69, 9.17) is 25.6 Å². The van der Waals surface area contributed by atoms with Crippen molar-refractivity contribution in [2.75, 3.05) is 12.4 Å². The molecule has 0 saturated heterocycles. The molecule has 1 N–H and O–H groups in total. The average molecular weight is 630 g/mol. The maximum Gasteiger partial charge on any atom is 0.338 e. The van der Waals surface area contributed by atoms with Gasteiger partial charge in [-0.15, -0.1) is 11.6 Å². The number of benzene rings is 1. The van der Waals surface area contributed by atoms with Crippen LogP contribution >= 0.6 is 59.4 Å². The Labute approximate surface area is 193 Å². The van der Waals surface area contributed by atoms with Crippen molar-refractivity contribution in [2.45, 2.75) is 33.4 Å². The maximum atomic E-state index is 12.2. The molecular weight excluding hydrogens is 611 g/mol. The minimum absolute atomic E-state index is 0.157. The van der Waals surface area contributed by atoms with Crippen molar-refractivity contribution in [3.05, 3.63) is 35.4 Å². The number of carbonyl (C=O) groups excluding carboxylic acids is 2. The molecule has 0 aliphatic rings. The van der Waals surface area contributed by atoms with Crippen LogP contribution in [0, 0.1) is 0 Å². The molecule has 0 aliphatic heterocycles. The fourth-order valence-corrected chi connectivity index (χ4v) is 5.07. The lowest BCUT2D eigenvalue weighted by Crippen LogP contribution is -2.44. The molecule has 0 amide bonds. The number of alkyl halides is 4. The summed E-state index contributed by atoms with van der Waals surface area (Å²) in [6, 6.07) is 5.66. The second kappa shape index (κ2) is 10.2. The van der Waals surface area contributed by atoms with Crippen molar-refractivity contribution in [3.8, 4) is 0 Å². The summed E-state index contributed by atoms with van der Waals surface area (Å²) in [5.74, 6) is -2.03. The Bertz CT molecular complexity index is 810. The van der Waals surface area contributed by atoms with Crippen molar-refractivity contribution in [3.63, 3.8) is 0 Å². The molecule has 0 radical (unpaired) electrons. The molecule has 7 nitrogen and oxygen atoms in total. The van der Waals surface area contributed by atoms with E-state index in [0.29, 0.717) is 6.42 Å². The van der Waals surface area contributed by atoms with Crippen LogP contribution in [0.2, 0.25) is 0 Å². The Hall–Kier alpha value is -0.200. The molecule has 0 heterocycles. The smallest absolute Gasteiger partial charge is 0.338 e. The first-order chi connectivity index (χ1) is 12.7. The summed E-state index contributed by atoms with van der Waals surface area (Å²) in [5, 5.41) is 0. The van der Waals surface area contributed by atoms with E-state index in [9.17, 15) is 18.0 Å². The molecule has 28 heavy (non-hydrogen) atoms. The van der Waals surface area contributed by atoms with Crippen LogP contribution in [0.25, 0.3) is 0 Å². The third kappa shape index (κ3) is 7.91. The predicted molar refractivity (Wildman–Crippen MR) is 116 cm³/mol. The molecule has 0 fully saturated rings. The minimum Gasteiger partial charge on any atom is -0.459 e. The van der Waals surface area contributed by atoms with Gasteiger partial charge in [-0.25, -0.2) is 9.59 Å². The molecule has 2 atom stereocenters. The highest BCUT2D eigenvalue weighted by Crippen LogP contribution is 2.48. The summed E-state index contributed by atoms with van der Waals surface area (Å²) in [6.07, 6.45) is 0.465. The first kappa shape index (κ1) is 25.8. The molecule has 1 rings (SSSR count). The molecular formula is C16H18Br3ClO7S. The largest absolute Gasteiger partial charge is 0.459 e. The standard InChI is InChI=1S/C16H18Br3ClO7S/c1-3-10(2)27-14(22)12-6-4-11(5-7-12)13(21)26-8-16(19,20)15(17,18)9-28(23,24)25/h4-7,10H,3,8-9H2,1-2H3,(H,23,24,25). The topological polar surface area (TPSA) is 107 Å². The zero-order chi connectivity index (χ0) is 21.8. The summed E-state index contributed by atoms with van der Waals surface area (Å²) >= 11 is 15.4. The fraction of sp³-hybridized carbons (Fsp3) is 0.500. The van der Waals surface area contributed by atoms with E-state index in [0.717, 1.165) is 0 Å². The van der Waals surface area contributed by atoms with Crippen molar-refractivity contribution >= 4 is 81.4 Å². The van der Waals surface area contributed by atoms with Crippen LogP contribution in [0.1, 0.15) is 41.0 Å². The van der Waals surface area contributed by atoms with Gasteiger partial charge in [-0.1, -0.05) is 54.7 Å². The van der Waals surface area contributed by atoms with E-state index < -0.39 is 41.4 Å². The van der Waals surface area contributed by atoms with Crippen LogP contribution in [-0.4, -0.2) is 50.4 Å². The number of ether oxygens (including phenoxy) is 2. The van der Waals surface area contributed by atoms with Gasteiger partial charge in [0.15, 0.2) is 3.78 Å². The average Bonchev–Trinajstić information content (AvgIpc) is 2.57. The van der Waals surface area contributed by atoms with Crippen LogP contribution < -0.4 is 0 Å². The first-order valence-corrected chi connectivity index (χ1v) is 12.2. The monoisotopic (exact) mass is 626 g/mol. The molecule has 2 unspecified atom stereocenters. The van der Waals surface area contributed by atoms with Gasteiger partial charge in [0.25, 0.3) is 10.1 Å². The molecule has 0 aliphatic carbocycles. The SMILES string of the molecule is CCC(C)OC(=O)c1ccc(C(=O)OCC(Cl)(Br)C(Br)(Br)CS(=O)(=O)O)cc1. The third-order valence-corrected chi connectivity index (χ3v) is 9.84. The van der Waals surface area contributed by atoms with E-state index in [1.165, 1.54) is 24.3 Å². The summed E-state index contributed by atoms with van der Waals surface area (Å²) in [6.45, 7) is 3.22. The van der Waals surface area contributed by atoms with E-state index in [1.54, 1.807) is 6.92 Å². The Morgan fingerprint density at radius 1 is 1.14 bits per heavy atom. The zero-order valence-electron chi connectivity index (χ0n) is 14.8. The second-order valence-electron chi connectivity index (χ2n) is 5.91. The normalized spacial score (nSPS) is 15.4. The van der Waals surface area contributed by atoms with Gasteiger partial charge in [0.2, 0.25) is 0 Å². The summed E-state index contributed by atoms with van der Waals surface area (Å²) in [4.78, 5) is 24.1. The summed E-state index contributed by atoms with van der Waals surface area (Å²) in [7, 11) is -4.37. The summed E-state index contributed by atoms with van der Waals surface area (Å²) in [5.41, 5.74) is 0.446. The van der Waals surface area contributed by atoms with Gasteiger partial charge in [0, 0.05) is 0 Å². The number of carbonyl (C=O) groups is 2. The quantitative estimate of drug-likeness (QED) is 0.244. The van der Waals surface area contributed by atoms with Crippen LogP contribution in [0.5, 0.6) is 0 Å². The Kier molecular flexibility index (Phi) is 9.42. The maximum absolute atomic E-state index is 12.2. The molecule has 0 bridgehead atoms. The van der Waals surface area contributed by atoms with E-state index in [2.05, 4.69) is 47.8 Å². The second-order valence-corrected chi connectivity index (χ2v) is 13.6. The van der Waals surface area contributed by atoms with Gasteiger partial charge in [-0.3, -0.25) is 4.55 Å². The van der Waals surface area contributed by atoms with Crippen LogP contribution in [0.15, 0.2) is 24.3 Å². The lowest BCUT2D eigenvalue weighted by Gasteiger charge is -2.32. The van der Waals surface area contributed by atoms with Crippen molar-refractivity contribution in [1.29, 1.82) is 0 Å². The van der Waals surface area contributed by atoms with Crippen LogP contribution in [0.3, 0.4) is 0 Å². The molecule has 0 aromatic heterocycles. The number of hydrogen-bond donors (Lipinski definition) is 1. The fourth-order valence-electron chi connectivity index (χ4n) is 1.76. The van der Waals surface area contributed by atoms with Crippen molar-refractivity contribution in [2.24, 2.45) is 0 Å². The van der Waals surface area contributed by atoms with Gasteiger partial charge >= 0.3 is 11.9 Å². The number of hydrogen-bond acceptors (Lipinski definition) is 6. The van der Waals surface area contributed by atoms with Crippen molar-refractivity contribution < 1.29 is 32.0 Å². The molecule has 0 spiro atoms. The highest BCUT2D eigenvalue weighted by Gasteiger charge is 2.49. The van der Waals surface area contributed by atoms with Gasteiger partial charge in [0.05, 0.1) is 17.2 Å². The van der Waals surface area contributed by atoms with E-state index >= 15 is 0 Å². The highest BCUT2D eigenvalue weighted by atomic mass is 79.9. The summed E-state index contributed by atoms with van der Waals surface area (Å²) < 4.78 is 38.4. The van der Waals surface area contributed by atoms with E-state index in [-0.39, 0.29) is 17.2 Å². The first-order valence-electron chi connectivity index (χ1n) is 7.87.